The average molecular weight is 623 g/mol. The number of rotatable bonds is 4. The van der Waals surface area contributed by atoms with Crippen molar-refractivity contribution in [3.63, 3.8) is 0 Å². The van der Waals surface area contributed by atoms with Crippen LogP contribution in [0.4, 0.5) is 28.3 Å². The number of aryl methyl sites for hydroxylation is 1. The monoisotopic (exact) mass is 622 g/mol. The zero-order valence-electron chi connectivity index (χ0n) is 25.0. The summed E-state index contributed by atoms with van der Waals surface area (Å²) in [6.07, 6.45) is -4.17. The molecular formula is C32H30F4N6O3. The number of nitriles is 1. The molecule has 0 saturated carbocycles. The molecule has 9 nitrogen and oxygen atoms in total. The van der Waals surface area contributed by atoms with E-state index in [1.807, 2.05) is 4.90 Å². The van der Waals surface area contributed by atoms with Gasteiger partial charge in [-0.3, -0.25) is 9.36 Å². The Hall–Kier alpha value is -4.99. The van der Waals surface area contributed by atoms with Crippen LogP contribution in [0.5, 0.6) is 0 Å². The van der Waals surface area contributed by atoms with Gasteiger partial charge in [0.1, 0.15) is 23.1 Å². The highest BCUT2D eigenvalue weighted by atomic mass is 19.4. The lowest BCUT2D eigenvalue weighted by atomic mass is 9.98. The maximum atomic E-state index is 14.8. The number of amides is 1. The molecule has 0 unspecified atom stereocenters. The largest absolute Gasteiger partial charge is 0.444 e. The Bertz CT molecular complexity index is 1880. The molecule has 1 N–H and O–H groups in total. The van der Waals surface area contributed by atoms with Gasteiger partial charge >= 0.3 is 12.3 Å². The normalized spacial score (nSPS) is 14.3. The van der Waals surface area contributed by atoms with Crippen LogP contribution in [0, 0.1) is 17.1 Å². The van der Waals surface area contributed by atoms with E-state index >= 15 is 0 Å². The van der Waals surface area contributed by atoms with Gasteiger partial charge in [0.05, 0.1) is 16.8 Å². The predicted molar refractivity (Wildman–Crippen MR) is 160 cm³/mol. The van der Waals surface area contributed by atoms with E-state index in [4.69, 9.17) is 9.72 Å². The fourth-order valence-electron chi connectivity index (χ4n) is 5.29. The lowest BCUT2D eigenvalue weighted by Gasteiger charge is -2.33. The van der Waals surface area contributed by atoms with E-state index < -0.39 is 34.8 Å². The molecule has 0 bridgehead atoms. The number of aromatic nitrogens is 3. The summed E-state index contributed by atoms with van der Waals surface area (Å²) in [5.74, 6) is -0.582. The Morgan fingerprint density at radius 2 is 1.73 bits per heavy atom. The third kappa shape index (κ3) is 6.60. The van der Waals surface area contributed by atoms with Crippen molar-refractivity contribution >= 4 is 23.1 Å². The van der Waals surface area contributed by atoms with E-state index in [-0.39, 0.29) is 51.0 Å². The Labute approximate surface area is 256 Å². The molecule has 1 amide bonds. The number of carbonyl (C=O) groups is 1. The highest BCUT2D eigenvalue weighted by Crippen LogP contribution is 2.38. The van der Waals surface area contributed by atoms with Gasteiger partial charge < -0.3 is 15.0 Å². The number of carbonyl (C=O) groups excluding carboxylic acids is 1. The van der Waals surface area contributed by atoms with Crippen molar-refractivity contribution in [1.82, 2.24) is 19.9 Å². The summed E-state index contributed by atoms with van der Waals surface area (Å²) < 4.78 is 63.1. The Balaban J connectivity index is 1.61. The molecule has 234 valence electrons. The maximum absolute atomic E-state index is 14.8. The number of anilines is 1. The Morgan fingerprint density at radius 3 is 2.36 bits per heavy atom. The summed E-state index contributed by atoms with van der Waals surface area (Å²) >= 11 is 0. The molecule has 45 heavy (non-hydrogen) atoms. The Kier molecular flexibility index (Phi) is 8.27. The van der Waals surface area contributed by atoms with Crippen LogP contribution >= 0.6 is 0 Å². The maximum Gasteiger partial charge on any atom is 0.417 e. The minimum Gasteiger partial charge on any atom is -0.444 e. The average Bonchev–Trinajstić information content (AvgIpc) is 2.97. The van der Waals surface area contributed by atoms with E-state index in [1.54, 1.807) is 26.8 Å². The first-order chi connectivity index (χ1) is 21.2. The first kappa shape index (κ1) is 31.4. The third-order valence-electron chi connectivity index (χ3n) is 7.44. The molecule has 3 heterocycles. The Morgan fingerprint density at radius 1 is 1.04 bits per heavy atom. The van der Waals surface area contributed by atoms with E-state index in [2.05, 4.69) is 10.3 Å². The molecule has 1 fully saturated rings. The number of halogens is 4. The number of nitrogens with zero attached hydrogens (tertiary/aromatic N) is 5. The van der Waals surface area contributed by atoms with Crippen LogP contribution in [0.2, 0.25) is 0 Å². The van der Waals surface area contributed by atoms with Gasteiger partial charge in [-0.1, -0.05) is 24.3 Å². The summed E-state index contributed by atoms with van der Waals surface area (Å²) in [4.78, 5) is 37.0. The number of ether oxygens (including phenoxy) is 1. The van der Waals surface area contributed by atoms with Crippen molar-refractivity contribution < 1.29 is 27.1 Å². The molecular weight excluding hydrogens is 592 g/mol. The summed E-state index contributed by atoms with van der Waals surface area (Å²) in [6.45, 7) is 6.18. The standard InChI is InChI=1S/C32H30F4N6O3/c1-31(2,3)45-30(44)38-20-11-13-42(14-12-20)29-39-26(18-9-10-19(17-37)25(33)15-18)23-16-22(28(43)41(4)27(23)40-29)21-7-5-6-8-24(21)32(34,35)36/h5-10,15-16,20H,11-14H2,1-4H3,(H,38,44). The number of fused-ring (bicyclic) bond motifs is 1. The lowest BCUT2D eigenvalue weighted by Crippen LogP contribution is -2.46. The summed E-state index contributed by atoms with van der Waals surface area (Å²) in [7, 11) is 1.40. The van der Waals surface area contributed by atoms with Crippen LogP contribution < -0.4 is 15.8 Å². The summed E-state index contributed by atoms with van der Waals surface area (Å²) in [6, 6.07) is 11.6. The summed E-state index contributed by atoms with van der Waals surface area (Å²) in [5.41, 5.74) is -2.50. The van der Waals surface area contributed by atoms with Crippen molar-refractivity contribution in [2.24, 2.45) is 7.05 Å². The number of hydrogen-bond acceptors (Lipinski definition) is 7. The van der Waals surface area contributed by atoms with Gasteiger partial charge in [-0.25, -0.2) is 14.2 Å². The number of alkyl carbamates (subject to hydrolysis) is 1. The second kappa shape index (κ2) is 11.8. The quantitative estimate of drug-likeness (QED) is 0.270. The predicted octanol–water partition coefficient (Wildman–Crippen LogP) is 6.19. The minimum atomic E-state index is -4.72. The van der Waals surface area contributed by atoms with Crippen LogP contribution in [0.15, 0.2) is 53.3 Å². The van der Waals surface area contributed by atoms with Crippen LogP contribution in [-0.4, -0.2) is 45.4 Å². The molecule has 1 aliphatic heterocycles. The van der Waals surface area contributed by atoms with Crippen molar-refractivity contribution in [2.75, 3.05) is 18.0 Å². The molecule has 0 spiro atoms. The van der Waals surface area contributed by atoms with E-state index in [9.17, 15) is 32.4 Å². The van der Waals surface area contributed by atoms with E-state index in [0.29, 0.717) is 25.9 Å². The molecule has 4 aromatic rings. The van der Waals surface area contributed by atoms with Gasteiger partial charge in [0.15, 0.2) is 0 Å². The van der Waals surface area contributed by atoms with Crippen LogP contribution in [0.1, 0.15) is 44.7 Å². The highest BCUT2D eigenvalue weighted by molar-refractivity contribution is 5.94. The first-order valence-electron chi connectivity index (χ1n) is 14.2. The van der Waals surface area contributed by atoms with Crippen molar-refractivity contribution in [2.45, 2.75) is 51.4 Å². The zero-order valence-corrected chi connectivity index (χ0v) is 25.0. The number of nitrogens with one attached hydrogen (secondary N) is 1. The van der Waals surface area contributed by atoms with Crippen molar-refractivity contribution in [3.8, 4) is 28.5 Å². The van der Waals surface area contributed by atoms with Gasteiger partial charge in [-0.05, 0) is 63.4 Å². The smallest absolute Gasteiger partial charge is 0.417 e. The molecule has 0 atom stereocenters. The number of hydrogen-bond donors (Lipinski definition) is 1. The van der Waals surface area contributed by atoms with Gasteiger partial charge in [0.2, 0.25) is 5.95 Å². The fourth-order valence-corrected chi connectivity index (χ4v) is 5.29. The van der Waals surface area contributed by atoms with Crippen LogP contribution in [0.3, 0.4) is 0 Å². The number of alkyl halides is 3. The lowest BCUT2D eigenvalue weighted by molar-refractivity contribution is -0.137. The van der Waals surface area contributed by atoms with Gasteiger partial charge in [0.25, 0.3) is 5.56 Å². The zero-order chi connectivity index (χ0) is 32.7. The molecule has 0 aliphatic carbocycles. The molecule has 0 radical (unpaired) electrons. The molecule has 2 aromatic heterocycles. The SMILES string of the molecule is Cn1c(=O)c(-c2ccccc2C(F)(F)F)cc2c(-c3ccc(C#N)c(F)c3)nc(N3CCC(NC(=O)OC(C)(C)C)CC3)nc21. The van der Waals surface area contributed by atoms with Gasteiger partial charge in [-0.2, -0.15) is 23.4 Å². The number of pyridine rings is 1. The minimum absolute atomic E-state index is 0.131. The fraction of sp³-hybridized carbons (Fsp3) is 0.344. The summed E-state index contributed by atoms with van der Waals surface area (Å²) in [5, 5.41) is 12.3. The second-order valence-corrected chi connectivity index (χ2v) is 11.8. The molecule has 13 heteroatoms. The van der Waals surface area contributed by atoms with E-state index in [1.165, 1.54) is 43.4 Å². The highest BCUT2D eigenvalue weighted by Gasteiger charge is 2.34. The van der Waals surface area contributed by atoms with Crippen LogP contribution in [0.25, 0.3) is 33.4 Å². The van der Waals surface area contributed by atoms with Crippen LogP contribution in [-0.2, 0) is 18.0 Å². The number of piperidine rings is 1. The van der Waals surface area contributed by atoms with E-state index in [0.717, 1.165) is 16.7 Å². The topological polar surface area (TPSA) is 113 Å². The van der Waals surface area contributed by atoms with Gasteiger partial charge in [-0.15, -0.1) is 0 Å². The molecule has 1 saturated heterocycles. The van der Waals surface area contributed by atoms with Crippen molar-refractivity contribution in [3.05, 3.63) is 75.8 Å². The third-order valence-corrected chi connectivity index (χ3v) is 7.44. The second-order valence-electron chi connectivity index (χ2n) is 11.8. The molecule has 1 aliphatic rings. The number of benzene rings is 2. The molecule has 2 aromatic carbocycles. The van der Waals surface area contributed by atoms with Gasteiger partial charge in [0, 0.05) is 42.7 Å². The molecule has 5 rings (SSSR count). The first-order valence-corrected chi connectivity index (χ1v) is 14.2. The van der Waals surface area contributed by atoms with Crippen molar-refractivity contribution in [1.29, 1.82) is 5.26 Å².